The Kier molecular flexibility index (Phi) is 26.2. The molecular weight excluding hydrogens is 569 g/mol. The van der Waals surface area contributed by atoms with Gasteiger partial charge in [0.1, 0.15) is 6.54 Å². The number of benzene rings is 1. The minimum absolute atomic E-state index is 1.11. The van der Waals surface area contributed by atoms with E-state index in [0.29, 0.717) is 0 Å². The summed E-state index contributed by atoms with van der Waals surface area (Å²) in [6.07, 6.45) is 45.4. The molecule has 0 spiro atoms. The zero-order chi connectivity index (χ0) is 33.5. The molecule has 0 saturated carbocycles. The van der Waals surface area contributed by atoms with Crippen molar-refractivity contribution in [2.75, 3.05) is 18.0 Å². The molecule has 266 valence electrons. The first-order chi connectivity index (χ1) is 23.3. The van der Waals surface area contributed by atoms with E-state index in [1.807, 2.05) is 0 Å². The first kappa shape index (κ1) is 41.1. The van der Waals surface area contributed by atoms with Crippen molar-refractivity contribution in [3.05, 3.63) is 59.9 Å². The van der Waals surface area contributed by atoms with Crippen LogP contribution in [0.2, 0.25) is 0 Å². The molecule has 2 rings (SSSR count). The van der Waals surface area contributed by atoms with Crippen molar-refractivity contribution in [1.29, 1.82) is 0 Å². The summed E-state index contributed by atoms with van der Waals surface area (Å²) in [6.45, 7) is 10.4. The number of pyridine rings is 1. The van der Waals surface area contributed by atoms with Crippen LogP contribution in [0.25, 0.3) is 12.2 Å². The molecule has 1 aromatic carbocycles. The highest BCUT2D eigenvalue weighted by molar-refractivity contribution is 5.70. The summed E-state index contributed by atoms with van der Waals surface area (Å²) in [5.74, 6) is 0. The van der Waals surface area contributed by atoms with E-state index >= 15 is 0 Å². The number of aryl methyl sites for hydroxylation is 1. The lowest BCUT2D eigenvalue weighted by Crippen LogP contribution is -2.32. The second-order valence-electron chi connectivity index (χ2n) is 14.4. The molecule has 0 amide bonds. The Labute approximate surface area is 293 Å². The lowest BCUT2D eigenvalue weighted by Gasteiger charge is -2.25. The highest BCUT2D eigenvalue weighted by Gasteiger charge is 2.07. The van der Waals surface area contributed by atoms with Gasteiger partial charge in [0.2, 0.25) is 0 Å². The average molecular weight is 646 g/mol. The van der Waals surface area contributed by atoms with Crippen molar-refractivity contribution in [1.82, 2.24) is 0 Å². The molecule has 0 unspecified atom stereocenters. The maximum absolute atomic E-state index is 2.69. The monoisotopic (exact) mass is 646 g/mol. The number of hydrogen-bond donors (Lipinski definition) is 0. The number of rotatable bonds is 32. The molecule has 0 N–H and O–H groups in total. The molecule has 2 aromatic rings. The van der Waals surface area contributed by atoms with Gasteiger partial charge in [0.25, 0.3) is 0 Å². The quantitative estimate of drug-likeness (QED) is 0.0567. The number of unbranched alkanes of at least 4 members (excludes halogenated alkanes) is 23. The van der Waals surface area contributed by atoms with E-state index in [0.717, 1.165) is 6.54 Å². The largest absolute Gasteiger partial charge is 0.372 e. The van der Waals surface area contributed by atoms with E-state index in [2.05, 4.69) is 91.2 Å². The third-order valence-corrected chi connectivity index (χ3v) is 9.98. The third-order valence-electron chi connectivity index (χ3n) is 9.98. The van der Waals surface area contributed by atoms with Crippen molar-refractivity contribution < 1.29 is 4.57 Å². The molecule has 1 aromatic heterocycles. The minimum Gasteiger partial charge on any atom is -0.372 e. The highest BCUT2D eigenvalue weighted by Crippen LogP contribution is 2.20. The van der Waals surface area contributed by atoms with E-state index in [9.17, 15) is 0 Å². The second-order valence-corrected chi connectivity index (χ2v) is 14.4. The maximum Gasteiger partial charge on any atom is 0.169 e. The van der Waals surface area contributed by atoms with Crippen molar-refractivity contribution in [2.45, 2.75) is 194 Å². The molecule has 47 heavy (non-hydrogen) atoms. The molecule has 0 aliphatic carbocycles. The molecule has 1 heterocycles. The third kappa shape index (κ3) is 22.2. The molecular formula is C45H77N2+. The van der Waals surface area contributed by atoms with Crippen LogP contribution in [0, 0.1) is 0 Å². The Balaban J connectivity index is 1.75. The van der Waals surface area contributed by atoms with Crippen LogP contribution in [0.4, 0.5) is 5.69 Å². The number of hydrogen-bond acceptors (Lipinski definition) is 1. The number of nitrogens with zero attached hydrogens (tertiary/aromatic N) is 2. The van der Waals surface area contributed by atoms with Gasteiger partial charge in [-0.25, -0.2) is 4.57 Å². The maximum atomic E-state index is 2.69. The number of aromatic nitrogens is 1. The lowest BCUT2D eigenvalue weighted by atomic mass is 10.0. The minimum atomic E-state index is 1.11. The van der Waals surface area contributed by atoms with Gasteiger partial charge in [0.15, 0.2) is 12.4 Å². The van der Waals surface area contributed by atoms with Crippen LogP contribution in [0.1, 0.15) is 199 Å². The van der Waals surface area contributed by atoms with Crippen LogP contribution >= 0.6 is 0 Å². The molecule has 0 atom stereocenters. The molecule has 0 radical (unpaired) electrons. The lowest BCUT2D eigenvalue weighted by molar-refractivity contribution is -0.697. The zero-order valence-corrected chi connectivity index (χ0v) is 31.7. The zero-order valence-electron chi connectivity index (χ0n) is 31.7. The Morgan fingerprint density at radius 1 is 0.404 bits per heavy atom. The summed E-state index contributed by atoms with van der Waals surface area (Å²) in [5, 5.41) is 0. The van der Waals surface area contributed by atoms with Crippen molar-refractivity contribution in [2.24, 2.45) is 0 Å². The van der Waals surface area contributed by atoms with Crippen molar-refractivity contribution in [3.63, 3.8) is 0 Å². The second kappa shape index (κ2) is 30.0. The van der Waals surface area contributed by atoms with Gasteiger partial charge in [-0.15, -0.1) is 0 Å². The van der Waals surface area contributed by atoms with Crippen LogP contribution in [-0.2, 0) is 6.54 Å². The van der Waals surface area contributed by atoms with E-state index < -0.39 is 0 Å². The van der Waals surface area contributed by atoms with Gasteiger partial charge in [-0.05, 0) is 36.1 Å². The standard InChI is InChI=1S/C45H77N2/c1-4-7-10-12-14-16-18-20-22-24-26-28-39-47(40-29-27-25-23-21-19-17-15-13-11-8-5-2)45-34-32-43(33-35-45)30-31-44-36-41-46(42-37-44)38-9-6-3/h30-37,41-42H,4-29,38-40H2,1-3H3/q+1. The van der Waals surface area contributed by atoms with E-state index in [1.54, 1.807) is 0 Å². The average Bonchev–Trinajstić information content (AvgIpc) is 3.10. The summed E-state index contributed by atoms with van der Waals surface area (Å²) in [6, 6.07) is 13.8. The van der Waals surface area contributed by atoms with Crippen LogP contribution in [0.3, 0.4) is 0 Å². The predicted molar refractivity (Wildman–Crippen MR) is 211 cm³/mol. The predicted octanol–water partition coefficient (Wildman–Crippen LogP) is 14.2. The van der Waals surface area contributed by atoms with Gasteiger partial charge < -0.3 is 4.90 Å². The number of anilines is 1. The topological polar surface area (TPSA) is 7.12 Å². The van der Waals surface area contributed by atoms with Crippen LogP contribution in [0.5, 0.6) is 0 Å². The first-order valence-corrected chi connectivity index (χ1v) is 20.8. The molecule has 2 nitrogen and oxygen atoms in total. The fourth-order valence-corrected chi connectivity index (χ4v) is 6.72. The molecule has 0 aliphatic rings. The van der Waals surface area contributed by atoms with E-state index in [1.165, 1.54) is 197 Å². The molecule has 0 bridgehead atoms. The molecule has 0 fully saturated rings. The smallest absolute Gasteiger partial charge is 0.169 e. The molecule has 2 heteroatoms. The van der Waals surface area contributed by atoms with Gasteiger partial charge in [-0.2, -0.15) is 0 Å². The van der Waals surface area contributed by atoms with Gasteiger partial charge in [0, 0.05) is 37.3 Å². The first-order valence-electron chi connectivity index (χ1n) is 20.8. The van der Waals surface area contributed by atoms with Crippen LogP contribution in [0.15, 0.2) is 48.8 Å². The van der Waals surface area contributed by atoms with Crippen molar-refractivity contribution in [3.8, 4) is 0 Å². The van der Waals surface area contributed by atoms with Gasteiger partial charge in [0.05, 0.1) is 0 Å². The van der Waals surface area contributed by atoms with Gasteiger partial charge in [-0.1, -0.05) is 193 Å². The van der Waals surface area contributed by atoms with Gasteiger partial charge >= 0.3 is 0 Å². The Morgan fingerprint density at radius 3 is 1.13 bits per heavy atom. The summed E-state index contributed by atoms with van der Waals surface area (Å²) in [5.41, 5.74) is 3.96. The Bertz CT molecular complexity index is 932. The summed E-state index contributed by atoms with van der Waals surface area (Å²) < 4.78 is 2.29. The molecule has 0 saturated heterocycles. The van der Waals surface area contributed by atoms with Gasteiger partial charge in [-0.3, -0.25) is 0 Å². The normalized spacial score (nSPS) is 11.6. The summed E-state index contributed by atoms with van der Waals surface area (Å²) in [7, 11) is 0. The summed E-state index contributed by atoms with van der Waals surface area (Å²) in [4.78, 5) is 2.69. The fourth-order valence-electron chi connectivity index (χ4n) is 6.72. The Hall–Kier alpha value is -2.09. The van der Waals surface area contributed by atoms with E-state index in [-0.39, 0.29) is 0 Å². The van der Waals surface area contributed by atoms with Crippen LogP contribution < -0.4 is 9.47 Å². The van der Waals surface area contributed by atoms with Crippen molar-refractivity contribution >= 4 is 17.8 Å². The highest BCUT2D eigenvalue weighted by atomic mass is 15.1. The molecule has 0 aliphatic heterocycles. The van der Waals surface area contributed by atoms with E-state index in [4.69, 9.17) is 0 Å². The SMILES string of the molecule is CCCCCCCCCCCCCCN(CCCCCCCCCCCCCC)c1ccc(/C=C/c2cc[n+](CCCC)cc2)cc1. The van der Waals surface area contributed by atoms with Crippen LogP contribution in [-0.4, -0.2) is 13.1 Å². The Morgan fingerprint density at radius 2 is 0.745 bits per heavy atom. The fraction of sp³-hybridized carbons (Fsp3) is 0.711. The summed E-state index contributed by atoms with van der Waals surface area (Å²) >= 11 is 0.